The fourth-order valence-corrected chi connectivity index (χ4v) is 7.37. The van der Waals surface area contributed by atoms with Crippen LogP contribution in [0.25, 0.3) is 0 Å². The summed E-state index contributed by atoms with van der Waals surface area (Å²) in [6.07, 6.45) is -17.8. The van der Waals surface area contributed by atoms with Gasteiger partial charge in [0.15, 0.2) is 6.23 Å². The molecule has 60 heavy (non-hydrogen) atoms. The van der Waals surface area contributed by atoms with Crippen molar-refractivity contribution in [2.75, 3.05) is 13.1 Å². The van der Waals surface area contributed by atoms with Crippen LogP contribution < -0.4 is 32.7 Å². The smallest absolute Gasteiger partial charge is 0.248 e. The minimum atomic E-state index is -2.34. The summed E-state index contributed by atoms with van der Waals surface area (Å²) in [7, 11) is 0. The first-order valence-electron chi connectivity index (χ1n) is 19.0. The lowest BCUT2D eigenvalue weighted by atomic mass is 9.95. The van der Waals surface area contributed by atoms with Gasteiger partial charge in [-0.25, -0.2) is 0 Å². The van der Waals surface area contributed by atoms with Gasteiger partial charge in [-0.2, -0.15) is 0 Å². The second-order valence-electron chi connectivity index (χ2n) is 15.6. The van der Waals surface area contributed by atoms with E-state index in [-0.39, 0.29) is 16.9 Å². The highest BCUT2D eigenvalue weighted by molar-refractivity contribution is 5.98. The van der Waals surface area contributed by atoms with Gasteiger partial charge in [0, 0.05) is 31.8 Å². The highest BCUT2D eigenvalue weighted by atomic mass is 16.3. The van der Waals surface area contributed by atoms with Crippen molar-refractivity contribution in [3.8, 4) is 5.75 Å². The molecule has 7 amide bonds. The lowest BCUT2D eigenvalue weighted by Crippen LogP contribution is -2.64. The third kappa shape index (κ3) is 10.6. The molecule has 0 aromatic heterocycles. The first-order valence-corrected chi connectivity index (χ1v) is 19.0. The van der Waals surface area contributed by atoms with E-state index in [2.05, 4.69) is 16.0 Å². The van der Waals surface area contributed by atoms with Gasteiger partial charge in [0.1, 0.15) is 54.3 Å². The summed E-state index contributed by atoms with van der Waals surface area (Å²) in [4.78, 5) is 96.6. The number of carbonyl (C=O) groups is 7. The van der Waals surface area contributed by atoms with Crippen LogP contribution in [0, 0.1) is 12.8 Å². The topological polar surface area (TPSA) is 408 Å². The first-order chi connectivity index (χ1) is 27.9. The average Bonchev–Trinajstić information content (AvgIpc) is 3.71. The summed E-state index contributed by atoms with van der Waals surface area (Å²) < 4.78 is 0. The van der Waals surface area contributed by atoms with Crippen LogP contribution in [0.4, 0.5) is 0 Å². The molecule has 17 N–H and O–H groups in total. The van der Waals surface area contributed by atoms with Gasteiger partial charge < -0.3 is 88.5 Å². The molecule has 4 rings (SSSR count). The van der Waals surface area contributed by atoms with Crippen molar-refractivity contribution in [3.05, 3.63) is 29.3 Å². The standard InChI is InChI=1S/C36H54N8O16/c1-12-6-15(4-5-19(12)47)28(52)29(53)25-33(57)40-24(20(48)9-22(38)50)36(60)44-10-13(2)27(51)26(44)34(58)42-32(56)21(49)8-17(37)30(54)39-23(14(3)45)35(59)43-11-16(46)7-18(43)31(55)41-25/h4-6,13-14,16-18,20-21,23-29,32,45-49,51-53,56H,7-11,37H2,1-3H3,(H2,38,50)(H,39,54)(H,40,57)(H,41,55)(H,42,58)/t13-,14+,16+,17?,18-,20+,21+,23-,24-,25-,26-,27-,28-,29-,32+/m0/s1. The van der Waals surface area contributed by atoms with E-state index in [0.717, 1.165) is 17.9 Å². The number of phenols is 1. The Balaban J connectivity index is 1.86. The summed E-state index contributed by atoms with van der Waals surface area (Å²) >= 11 is 0. The normalized spacial score (nSPS) is 33.6. The third-order valence-electron chi connectivity index (χ3n) is 10.8. The minimum Gasteiger partial charge on any atom is -0.508 e. The van der Waals surface area contributed by atoms with Crippen LogP contribution in [-0.2, 0) is 33.6 Å². The van der Waals surface area contributed by atoms with Crippen LogP contribution >= 0.6 is 0 Å². The van der Waals surface area contributed by atoms with E-state index in [1.165, 1.54) is 26.0 Å². The Bertz CT molecular complexity index is 1800. The summed E-state index contributed by atoms with van der Waals surface area (Å²) in [5.74, 6) is -9.93. The molecule has 0 saturated carbocycles. The summed E-state index contributed by atoms with van der Waals surface area (Å²) in [6, 6.07) is -8.12. The minimum absolute atomic E-state index is 0.0911. The van der Waals surface area contributed by atoms with Gasteiger partial charge in [0.2, 0.25) is 41.4 Å². The van der Waals surface area contributed by atoms with E-state index in [0.29, 0.717) is 4.90 Å². The number of aliphatic hydroxyl groups excluding tert-OH is 8. The second-order valence-corrected chi connectivity index (χ2v) is 15.6. The van der Waals surface area contributed by atoms with Gasteiger partial charge in [-0.3, -0.25) is 33.6 Å². The molecule has 24 nitrogen and oxygen atoms in total. The van der Waals surface area contributed by atoms with Crippen molar-refractivity contribution in [2.24, 2.45) is 17.4 Å². The average molecular weight is 855 g/mol. The molecule has 1 aromatic rings. The molecule has 0 spiro atoms. The van der Waals surface area contributed by atoms with Crippen LogP contribution in [0.3, 0.4) is 0 Å². The summed E-state index contributed by atoms with van der Waals surface area (Å²) in [6.45, 7) is 2.98. The molecule has 3 saturated heterocycles. The zero-order valence-corrected chi connectivity index (χ0v) is 32.9. The Morgan fingerprint density at radius 2 is 1.42 bits per heavy atom. The Hall–Kier alpha value is -5.05. The predicted octanol–water partition coefficient (Wildman–Crippen LogP) is -8.14. The summed E-state index contributed by atoms with van der Waals surface area (Å²) in [5.41, 5.74) is 11.4. The number of rotatable bonds is 7. The van der Waals surface area contributed by atoms with Gasteiger partial charge in [0.25, 0.3) is 0 Å². The fraction of sp³-hybridized carbons (Fsp3) is 0.639. The maximum atomic E-state index is 14.3. The molecule has 0 aliphatic carbocycles. The van der Waals surface area contributed by atoms with Crippen molar-refractivity contribution >= 4 is 41.4 Å². The molecule has 3 fully saturated rings. The lowest BCUT2D eigenvalue weighted by Gasteiger charge is -2.34. The number of nitrogens with zero attached hydrogens (tertiary/aromatic N) is 2. The van der Waals surface area contributed by atoms with E-state index in [4.69, 9.17) is 11.5 Å². The van der Waals surface area contributed by atoms with Crippen LogP contribution in [-0.4, -0.2) is 189 Å². The third-order valence-corrected chi connectivity index (χ3v) is 10.8. The number of hydrogen-bond acceptors (Lipinski definition) is 17. The monoisotopic (exact) mass is 854 g/mol. The van der Waals surface area contributed by atoms with Crippen LogP contribution in [0.15, 0.2) is 18.2 Å². The molecule has 3 aliphatic heterocycles. The van der Waals surface area contributed by atoms with Crippen molar-refractivity contribution in [1.82, 2.24) is 31.1 Å². The highest BCUT2D eigenvalue weighted by Crippen LogP contribution is 2.28. The van der Waals surface area contributed by atoms with E-state index in [9.17, 15) is 79.5 Å². The number of phenolic OH excluding ortho intramolecular Hbond substituents is 1. The largest absolute Gasteiger partial charge is 0.508 e. The number of aryl methyl sites for hydroxylation is 1. The number of fused-ring (bicyclic) bond motifs is 2. The zero-order valence-electron chi connectivity index (χ0n) is 32.9. The number of primary amides is 1. The van der Waals surface area contributed by atoms with Crippen LogP contribution in [0.2, 0.25) is 0 Å². The van der Waals surface area contributed by atoms with E-state index in [1.807, 2.05) is 5.32 Å². The molecular formula is C36H54N8O16. The number of aliphatic hydroxyl groups is 8. The van der Waals surface area contributed by atoms with Gasteiger partial charge in [-0.05, 0) is 37.1 Å². The van der Waals surface area contributed by atoms with Gasteiger partial charge >= 0.3 is 0 Å². The van der Waals surface area contributed by atoms with Crippen molar-refractivity contribution < 1.29 is 79.5 Å². The highest BCUT2D eigenvalue weighted by Gasteiger charge is 2.50. The van der Waals surface area contributed by atoms with E-state index in [1.54, 1.807) is 0 Å². The Labute approximate surface area is 342 Å². The van der Waals surface area contributed by atoms with E-state index < -0.39 is 165 Å². The Kier molecular flexibility index (Phi) is 15.5. The molecule has 15 atom stereocenters. The molecule has 1 aromatic carbocycles. The quantitative estimate of drug-likeness (QED) is 0.121. The van der Waals surface area contributed by atoms with Gasteiger partial charge in [-0.1, -0.05) is 13.0 Å². The van der Waals surface area contributed by atoms with Gasteiger partial charge in [-0.15, -0.1) is 0 Å². The maximum absolute atomic E-state index is 14.3. The number of nitrogens with two attached hydrogens (primary N) is 2. The van der Waals surface area contributed by atoms with Crippen LogP contribution in [0.1, 0.15) is 50.3 Å². The number of carbonyl (C=O) groups excluding carboxylic acids is 7. The molecule has 3 heterocycles. The number of benzene rings is 1. The second kappa shape index (κ2) is 19.6. The number of amides is 7. The Morgan fingerprint density at radius 3 is 2.02 bits per heavy atom. The first kappa shape index (κ1) is 47.6. The van der Waals surface area contributed by atoms with E-state index >= 15 is 0 Å². The predicted molar refractivity (Wildman–Crippen MR) is 201 cm³/mol. The van der Waals surface area contributed by atoms with Crippen molar-refractivity contribution in [3.63, 3.8) is 0 Å². The SMILES string of the molecule is Cc1cc([C@H](O)[C@@H](O)[C@@H]2NC(=O)[C@@H]3C[C@@H](O)CN3C(=O)[C@H]([C@@H](C)O)NC(=O)C(N)C[C@@H](O)[C@@H](O)NC(=O)[C@@H]3[C@@H](O)[C@@H](C)CN3C(=O)[C@H]([C@H](O)CC(N)=O)NC2=O)ccc1O. The molecule has 24 heteroatoms. The maximum Gasteiger partial charge on any atom is 0.248 e. The number of aromatic hydroxyl groups is 1. The summed E-state index contributed by atoms with van der Waals surface area (Å²) in [5, 5.41) is 106. The molecule has 3 aliphatic rings. The lowest BCUT2D eigenvalue weighted by molar-refractivity contribution is -0.149. The number of hydrogen-bond donors (Lipinski definition) is 15. The van der Waals surface area contributed by atoms with Crippen LogP contribution in [0.5, 0.6) is 5.75 Å². The fourth-order valence-electron chi connectivity index (χ4n) is 7.37. The zero-order chi connectivity index (χ0) is 45.1. The molecule has 0 bridgehead atoms. The number of nitrogens with one attached hydrogen (secondary N) is 4. The molecule has 334 valence electrons. The van der Waals surface area contributed by atoms with Crippen molar-refractivity contribution in [2.45, 2.75) is 125 Å². The Morgan fingerprint density at radius 1 is 0.817 bits per heavy atom. The van der Waals surface area contributed by atoms with Gasteiger partial charge in [0.05, 0.1) is 36.9 Å². The molecule has 1 unspecified atom stereocenters. The molecule has 0 radical (unpaired) electrons. The molecular weight excluding hydrogens is 800 g/mol. The van der Waals surface area contributed by atoms with Crippen molar-refractivity contribution in [1.29, 1.82) is 0 Å².